The van der Waals surface area contributed by atoms with Crippen molar-refractivity contribution in [2.75, 3.05) is 26.2 Å². The summed E-state index contributed by atoms with van der Waals surface area (Å²) in [5, 5.41) is 0. The average Bonchev–Trinajstić information content (AvgIpc) is 2.65. The number of nitrogens with zero attached hydrogens (tertiary/aromatic N) is 3. The molecule has 5 heteroatoms. The Morgan fingerprint density at radius 1 is 0.885 bits per heavy atom. The van der Waals surface area contributed by atoms with Gasteiger partial charge in [0.1, 0.15) is 5.69 Å². The number of hydrogen-bond donors (Lipinski definition) is 0. The third-order valence-corrected chi connectivity index (χ3v) is 6.47. The lowest BCUT2D eigenvalue weighted by molar-refractivity contribution is 0.0620. The van der Waals surface area contributed by atoms with Crippen LogP contribution >= 0.6 is 0 Å². The van der Waals surface area contributed by atoms with E-state index in [4.69, 9.17) is 0 Å². The van der Waals surface area contributed by atoms with Crippen LogP contribution < -0.4 is 0 Å². The summed E-state index contributed by atoms with van der Waals surface area (Å²) in [6.07, 6.45) is 3.65. The summed E-state index contributed by atoms with van der Waals surface area (Å²) in [5.74, 6) is 2.25. The van der Waals surface area contributed by atoms with Crippen molar-refractivity contribution in [3.63, 3.8) is 0 Å². The normalized spacial score (nSPS) is 29.5. The van der Waals surface area contributed by atoms with E-state index >= 15 is 0 Å². The van der Waals surface area contributed by atoms with Gasteiger partial charge in [0.05, 0.1) is 0 Å². The minimum absolute atomic E-state index is 0.0147. The van der Waals surface area contributed by atoms with Gasteiger partial charge in [0.15, 0.2) is 0 Å². The van der Waals surface area contributed by atoms with Gasteiger partial charge >= 0.3 is 0 Å². The number of carbonyl (C=O) groups is 2. The van der Waals surface area contributed by atoms with Gasteiger partial charge in [0, 0.05) is 37.9 Å². The van der Waals surface area contributed by atoms with Crippen LogP contribution in [-0.4, -0.2) is 52.8 Å². The van der Waals surface area contributed by atoms with Crippen molar-refractivity contribution in [2.24, 2.45) is 23.7 Å². The Bertz CT molecular complexity index is 622. The van der Waals surface area contributed by atoms with Crippen LogP contribution in [0, 0.1) is 23.7 Å². The molecule has 1 aromatic rings. The number of piperidine rings is 2. The van der Waals surface area contributed by atoms with Crippen LogP contribution in [-0.2, 0) is 0 Å². The maximum atomic E-state index is 12.9. The molecule has 2 fully saturated rings. The Hall–Kier alpha value is -1.91. The molecule has 3 heterocycles. The first kappa shape index (κ1) is 18.9. The highest BCUT2D eigenvalue weighted by molar-refractivity contribution is 5.98. The van der Waals surface area contributed by atoms with Crippen LogP contribution in [0.3, 0.4) is 0 Å². The van der Waals surface area contributed by atoms with Gasteiger partial charge in [-0.3, -0.25) is 14.6 Å². The highest BCUT2D eigenvalue weighted by Gasteiger charge is 2.29. The predicted octanol–water partition coefficient (Wildman–Crippen LogP) is 3.32. The zero-order valence-electron chi connectivity index (χ0n) is 16.4. The molecule has 4 unspecified atom stereocenters. The maximum Gasteiger partial charge on any atom is 0.272 e. The summed E-state index contributed by atoms with van der Waals surface area (Å²) in [5.41, 5.74) is 0.958. The molecule has 4 atom stereocenters. The molecule has 0 N–H and O–H groups in total. The highest BCUT2D eigenvalue weighted by Crippen LogP contribution is 2.25. The van der Waals surface area contributed by atoms with Crippen molar-refractivity contribution >= 4 is 11.8 Å². The van der Waals surface area contributed by atoms with Gasteiger partial charge in [0.25, 0.3) is 11.8 Å². The zero-order chi connectivity index (χ0) is 18.8. The molecular weight excluding hydrogens is 326 g/mol. The lowest BCUT2D eigenvalue weighted by Gasteiger charge is -2.36. The van der Waals surface area contributed by atoms with Gasteiger partial charge in [0.2, 0.25) is 0 Å². The van der Waals surface area contributed by atoms with Gasteiger partial charge in [-0.25, -0.2) is 0 Å². The molecule has 1 aromatic heterocycles. The first-order valence-corrected chi connectivity index (χ1v) is 9.91. The Morgan fingerprint density at radius 2 is 1.42 bits per heavy atom. The first-order chi connectivity index (χ1) is 12.4. The van der Waals surface area contributed by atoms with Gasteiger partial charge in [-0.05, 0) is 48.6 Å². The molecule has 26 heavy (non-hydrogen) atoms. The quantitative estimate of drug-likeness (QED) is 0.816. The van der Waals surface area contributed by atoms with Crippen LogP contribution in [0.5, 0.6) is 0 Å². The molecule has 0 aromatic carbocycles. The van der Waals surface area contributed by atoms with E-state index in [9.17, 15) is 9.59 Å². The molecule has 2 aliphatic rings. The number of hydrogen-bond acceptors (Lipinski definition) is 3. The second-order valence-electron chi connectivity index (χ2n) is 8.42. The smallest absolute Gasteiger partial charge is 0.272 e. The van der Waals surface area contributed by atoms with Crippen molar-refractivity contribution in [2.45, 2.75) is 40.5 Å². The molecule has 2 amide bonds. The summed E-state index contributed by atoms with van der Waals surface area (Å²) in [6, 6.07) is 3.40. The van der Waals surface area contributed by atoms with E-state index < -0.39 is 0 Å². The second-order valence-corrected chi connectivity index (χ2v) is 8.42. The number of carbonyl (C=O) groups excluding carboxylic acids is 2. The summed E-state index contributed by atoms with van der Waals surface area (Å²) in [6.45, 7) is 12.0. The molecule has 2 saturated heterocycles. The van der Waals surface area contributed by atoms with Crippen LogP contribution in [0.1, 0.15) is 61.4 Å². The standard InChI is InChI=1S/C21H31N3O2/c1-14-6-9-23(12-16(14)3)20(25)18-5-8-22-19(11-18)21(26)24-10-7-15(2)17(4)13-24/h5,8,11,14-17H,6-7,9-10,12-13H2,1-4H3. The number of rotatable bonds is 2. The average molecular weight is 357 g/mol. The summed E-state index contributed by atoms with van der Waals surface area (Å²) in [7, 11) is 0. The number of amides is 2. The minimum Gasteiger partial charge on any atom is -0.338 e. The van der Waals surface area contributed by atoms with E-state index in [2.05, 4.69) is 32.7 Å². The molecule has 0 bridgehead atoms. The summed E-state index contributed by atoms with van der Waals surface area (Å²) < 4.78 is 0. The van der Waals surface area contributed by atoms with Crippen molar-refractivity contribution in [3.05, 3.63) is 29.6 Å². The van der Waals surface area contributed by atoms with Crippen molar-refractivity contribution in [1.82, 2.24) is 14.8 Å². The summed E-state index contributed by atoms with van der Waals surface area (Å²) >= 11 is 0. The Kier molecular flexibility index (Phi) is 5.64. The minimum atomic E-state index is -0.0564. The van der Waals surface area contributed by atoms with Gasteiger partial charge in [-0.15, -0.1) is 0 Å². The zero-order valence-corrected chi connectivity index (χ0v) is 16.4. The maximum absolute atomic E-state index is 12.9. The fraction of sp³-hybridized carbons (Fsp3) is 0.667. The number of likely N-dealkylation sites (tertiary alicyclic amines) is 2. The molecule has 0 radical (unpaired) electrons. The van der Waals surface area contributed by atoms with Crippen LogP contribution in [0.2, 0.25) is 0 Å². The van der Waals surface area contributed by atoms with E-state index in [1.54, 1.807) is 18.3 Å². The molecular formula is C21H31N3O2. The lowest BCUT2D eigenvalue weighted by atomic mass is 9.88. The summed E-state index contributed by atoms with van der Waals surface area (Å²) in [4.78, 5) is 33.8. The van der Waals surface area contributed by atoms with Crippen LogP contribution in [0.4, 0.5) is 0 Å². The predicted molar refractivity (Wildman–Crippen MR) is 102 cm³/mol. The molecule has 3 rings (SSSR count). The number of aromatic nitrogens is 1. The van der Waals surface area contributed by atoms with E-state index in [1.807, 2.05) is 9.80 Å². The van der Waals surface area contributed by atoms with Crippen molar-refractivity contribution < 1.29 is 9.59 Å². The lowest BCUT2D eigenvalue weighted by Crippen LogP contribution is -2.43. The molecule has 0 spiro atoms. The number of pyridine rings is 1. The molecule has 5 nitrogen and oxygen atoms in total. The van der Waals surface area contributed by atoms with E-state index in [1.165, 1.54) is 0 Å². The molecule has 2 aliphatic heterocycles. The molecule has 0 saturated carbocycles. The van der Waals surface area contributed by atoms with Gasteiger partial charge < -0.3 is 9.80 Å². The highest BCUT2D eigenvalue weighted by atomic mass is 16.2. The van der Waals surface area contributed by atoms with Gasteiger partial charge in [-0.2, -0.15) is 0 Å². The fourth-order valence-electron chi connectivity index (χ4n) is 3.92. The van der Waals surface area contributed by atoms with E-state index in [0.29, 0.717) is 34.9 Å². The largest absolute Gasteiger partial charge is 0.338 e. The fourth-order valence-corrected chi connectivity index (χ4v) is 3.92. The molecule has 0 aliphatic carbocycles. The van der Waals surface area contributed by atoms with Gasteiger partial charge in [-0.1, -0.05) is 27.7 Å². The third kappa shape index (κ3) is 3.92. The monoisotopic (exact) mass is 357 g/mol. The Morgan fingerprint density at radius 3 is 1.96 bits per heavy atom. The van der Waals surface area contributed by atoms with E-state index in [-0.39, 0.29) is 11.8 Å². The topological polar surface area (TPSA) is 53.5 Å². The Labute approximate surface area is 156 Å². The van der Waals surface area contributed by atoms with Crippen LogP contribution in [0.15, 0.2) is 18.3 Å². The van der Waals surface area contributed by atoms with Crippen molar-refractivity contribution in [3.8, 4) is 0 Å². The molecule has 142 valence electrons. The van der Waals surface area contributed by atoms with E-state index in [0.717, 1.165) is 39.0 Å². The van der Waals surface area contributed by atoms with Crippen LogP contribution in [0.25, 0.3) is 0 Å². The first-order valence-electron chi connectivity index (χ1n) is 9.91. The third-order valence-electron chi connectivity index (χ3n) is 6.47. The Balaban J connectivity index is 1.72. The van der Waals surface area contributed by atoms with Crippen molar-refractivity contribution in [1.29, 1.82) is 0 Å². The second kappa shape index (κ2) is 7.77. The SMILES string of the molecule is CC1CCN(C(=O)c2ccnc(C(=O)N3CCC(C)C(C)C3)c2)CC1C.